The van der Waals surface area contributed by atoms with Crippen molar-refractivity contribution in [1.82, 2.24) is 15.4 Å². The first-order valence-corrected chi connectivity index (χ1v) is 10.3. The molecule has 0 saturated carbocycles. The Morgan fingerprint density at radius 1 is 1.23 bits per heavy atom. The third-order valence-corrected chi connectivity index (χ3v) is 5.89. The Morgan fingerprint density at radius 3 is 2.65 bits per heavy atom. The maximum Gasteiger partial charge on any atom is 0.273 e. The summed E-state index contributed by atoms with van der Waals surface area (Å²) >= 11 is 12.1. The Hall–Kier alpha value is -3.34. The standard InChI is InChI=1S/C22H17Cl2N5O2/c23-13-8-6-12(7-9-13)18-15(11-25)21(26)29(16-4-1-5-17(30)19(16)18)28-22(31)14-3-2-10-27-20(14)24/h2-3,6-10,18H,1,4-5,26H2,(H,28,31). The number of carbonyl (C=O) groups excluding carboxylic acids is 2. The number of allylic oxidation sites excluding steroid dienone is 3. The molecule has 1 aliphatic carbocycles. The number of hydrogen-bond acceptors (Lipinski definition) is 6. The van der Waals surface area contributed by atoms with Gasteiger partial charge in [-0.05, 0) is 42.7 Å². The molecule has 2 heterocycles. The number of nitrogens with one attached hydrogen (secondary N) is 1. The highest BCUT2D eigenvalue weighted by Crippen LogP contribution is 2.44. The Morgan fingerprint density at radius 2 is 1.97 bits per heavy atom. The average molecular weight is 454 g/mol. The van der Waals surface area contributed by atoms with Crippen LogP contribution in [0.3, 0.4) is 0 Å². The van der Waals surface area contributed by atoms with Gasteiger partial charge in [-0.2, -0.15) is 5.26 Å². The number of hydrogen-bond donors (Lipinski definition) is 2. The number of pyridine rings is 1. The number of halogens is 2. The normalized spacial score (nSPS) is 18.5. The fraction of sp³-hybridized carbons (Fsp3) is 0.182. The molecule has 0 fully saturated rings. The van der Waals surface area contributed by atoms with E-state index in [0.717, 1.165) is 5.56 Å². The maximum absolute atomic E-state index is 13.0. The second-order valence-electron chi connectivity index (χ2n) is 7.15. The highest BCUT2D eigenvalue weighted by Gasteiger charge is 2.40. The second-order valence-corrected chi connectivity index (χ2v) is 7.94. The van der Waals surface area contributed by atoms with Gasteiger partial charge in [0, 0.05) is 28.9 Å². The van der Waals surface area contributed by atoms with E-state index in [4.69, 9.17) is 28.9 Å². The van der Waals surface area contributed by atoms with E-state index in [0.29, 0.717) is 35.6 Å². The van der Waals surface area contributed by atoms with Crippen LogP contribution in [0.1, 0.15) is 41.1 Å². The summed E-state index contributed by atoms with van der Waals surface area (Å²) in [7, 11) is 0. The van der Waals surface area contributed by atoms with Crippen molar-refractivity contribution in [3.8, 4) is 6.07 Å². The summed E-state index contributed by atoms with van der Waals surface area (Å²) in [5.74, 6) is -1.20. The summed E-state index contributed by atoms with van der Waals surface area (Å²) in [5, 5.41) is 11.8. The van der Waals surface area contributed by atoms with E-state index < -0.39 is 11.8 Å². The second kappa shape index (κ2) is 8.42. The van der Waals surface area contributed by atoms with Crippen LogP contribution in [0.5, 0.6) is 0 Å². The molecule has 1 aliphatic heterocycles. The van der Waals surface area contributed by atoms with Crippen LogP contribution in [0.2, 0.25) is 10.2 Å². The van der Waals surface area contributed by atoms with Gasteiger partial charge >= 0.3 is 0 Å². The van der Waals surface area contributed by atoms with Gasteiger partial charge in [0.2, 0.25) is 0 Å². The number of nitrogens with zero attached hydrogens (tertiary/aromatic N) is 3. The third-order valence-electron chi connectivity index (χ3n) is 5.33. The van der Waals surface area contributed by atoms with Crippen molar-refractivity contribution in [3.05, 3.63) is 86.6 Å². The highest BCUT2D eigenvalue weighted by molar-refractivity contribution is 6.32. The third kappa shape index (κ3) is 3.76. The molecule has 2 aliphatic rings. The molecule has 2 aromatic rings. The topological polar surface area (TPSA) is 112 Å². The van der Waals surface area contributed by atoms with Gasteiger partial charge in [0.1, 0.15) is 11.0 Å². The van der Waals surface area contributed by atoms with Gasteiger partial charge in [0.05, 0.1) is 23.1 Å². The minimum atomic E-state index is -0.625. The lowest BCUT2D eigenvalue weighted by Gasteiger charge is -2.39. The molecule has 0 saturated heterocycles. The zero-order valence-electron chi connectivity index (χ0n) is 16.2. The van der Waals surface area contributed by atoms with Crippen molar-refractivity contribution < 1.29 is 9.59 Å². The molecule has 31 heavy (non-hydrogen) atoms. The Bertz CT molecular complexity index is 1180. The van der Waals surface area contributed by atoms with Gasteiger partial charge < -0.3 is 5.73 Å². The number of amides is 1. The Labute approximate surface area is 188 Å². The van der Waals surface area contributed by atoms with E-state index in [2.05, 4.69) is 16.5 Å². The fourth-order valence-electron chi connectivity index (χ4n) is 3.92. The fourth-order valence-corrected chi connectivity index (χ4v) is 4.25. The van der Waals surface area contributed by atoms with Crippen molar-refractivity contribution in [1.29, 1.82) is 5.26 Å². The number of Topliss-reactive ketones (excluding diaryl/α,β-unsaturated/α-hetero) is 1. The SMILES string of the molecule is N#CC1=C(N)N(NC(=O)c2cccnc2Cl)C2=C(C(=O)CCC2)C1c1ccc(Cl)cc1. The van der Waals surface area contributed by atoms with E-state index in [1.807, 2.05) is 0 Å². The van der Waals surface area contributed by atoms with Gasteiger partial charge in [0.15, 0.2) is 5.78 Å². The molecule has 4 rings (SSSR count). The number of aromatic nitrogens is 1. The summed E-state index contributed by atoms with van der Waals surface area (Å²) in [6, 6.07) is 12.2. The molecule has 9 heteroatoms. The molecule has 156 valence electrons. The van der Waals surface area contributed by atoms with Crippen LogP contribution in [0.25, 0.3) is 0 Å². The van der Waals surface area contributed by atoms with E-state index in [1.165, 1.54) is 17.3 Å². The number of nitrogens with two attached hydrogens (primary N) is 1. The first kappa shape index (κ1) is 20.9. The predicted octanol–water partition coefficient (Wildman–Crippen LogP) is 3.83. The predicted molar refractivity (Wildman–Crippen MR) is 115 cm³/mol. The lowest BCUT2D eigenvalue weighted by molar-refractivity contribution is -0.116. The smallest absolute Gasteiger partial charge is 0.273 e. The highest BCUT2D eigenvalue weighted by atomic mass is 35.5. The van der Waals surface area contributed by atoms with E-state index in [9.17, 15) is 14.9 Å². The van der Waals surface area contributed by atoms with Crippen molar-refractivity contribution >= 4 is 34.9 Å². The Balaban J connectivity index is 1.82. The number of ketones is 1. The summed E-state index contributed by atoms with van der Waals surface area (Å²) in [6.45, 7) is 0. The molecule has 1 aromatic carbocycles. The number of hydrazine groups is 1. The van der Waals surface area contributed by atoms with Gasteiger partial charge in [-0.25, -0.2) is 9.99 Å². The maximum atomic E-state index is 13.0. The van der Waals surface area contributed by atoms with Crippen LogP contribution in [-0.4, -0.2) is 21.7 Å². The number of nitriles is 1. The molecule has 3 N–H and O–H groups in total. The minimum absolute atomic E-state index is 0.0352. The Kier molecular flexibility index (Phi) is 5.68. The molecular formula is C22H17Cl2N5O2. The first-order chi connectivity index (χ1) is 14.9. The van der Waals surface area contributed by atoms with E-state index in [-0.39, 0.29) is 27.9 Å². The molecule has 0 spiro atoms. The molecular weight excluding hydrogens is 437 g/mol. The van der Waals surface area contributed by atoms with Crippen molar-refractivity contribution in [3.63, 3.8) is 0 Å². The van der Waals surface area contributed by atoms with Gasteiger partial charge in [-0.1, -0.05) is 35.3 Å². The molecule has 7 nitrogen and oxygen atoms in total. The summed E-state index contributed by atoms with van der Waals surface area (Å²) in [4.78, 5) is 29.7. The van der Waals surface area contributed by atoms with Crippen molar-refractivity contribution in [2.45, 2.75) is 25.2 Å². The van der Waals surface area contributed by atoms with Gasteiger partial charge in [0.25, 0.3) is 5.91 Å². The molecule has 1 unspecified atom stereocenters. The van der Waals surface area contributed by atoms with Crippen LogP contribution < -0.4 is 11.2 Å². The van der Waals surface area contributed by atoms with Crippen LogP contribution >= 0.6 is 23.2 Å². The molecule has 1 atom stereocenters. The summed E-state index contributed by atoms with van der Waals surface area (Å²) in [5.41, 5.74) is 11.1. The lowest BCUT2D eigenvalue weighted by Crippen LogP contribution is -2.48. The number of carbonyl (C=O) groups is 2. The summed E-state index contributed by atoms with van der Waals surface area (Å²) < 4.78 is 0. The van der Waals surface area contributed by atoms with E-state index in [1.54, 1.807) is 30.3 Å². The van der Waals surface area contributed by atoms with Crippen molar-refractivity contribution in [2.24, 2.45) is 5.73 Å². The molecule has 1 amide bonds. The van der Waals surface area contributed by atoms with E-state index >= 15 is 0 Å². The van der Waals surface area contributed by atoms with Gasteiger partial charge in [-0.3, -0.25) is 15.0 Å². The van der Waals surface area contributed by atoms with Crippen molar-refractivity contribution in [2.75, 3.05) is 0 Å². The van der Waals surface area contributed by atoms with Crippen LogP contribution in [0.4, 0.5) is 0 Å². The lowest BCUT2D eigenvalue weighted by atomic mass is 9.76. The molecule has 0 radical (unpaired) electrons. The number of rotatable bonds is 3. The zero-order chi connectivity index (χ0) is 22.1. The van der Waals surface area contributed by atoms with Crippen LogP contribution in [0, 0.1) is 11.3 Å². The number of benzene rings is 1. The largest absolute Gasteiger partial charge is 0.383 e. The summed E-state index contributed by atoms with van der Waals surface area (Å²) in [6.07, 6.45) is 2.96. The zero-order valence-corrected chi connectivity index (χ0v) is 17.7. The molecule has 0 bridgehead atoms. The minimum Gasteiger partial charge on any atom is -0.383 e. The molecule has 1 aromatic heterocycles. The first-order valence-electron chi connectivity index (χ1n) is 9.55. The van der Waals surface area contributed by atoms with Crippen LogP contribution in [-0.2, 0) is 4.79 Å². The van der Waals surface area contributed by atoms with Crippen LogP contribution in [0.15, 0.2) is 65.3 Å². The quantitative estimate of drug-likeness (QED) is 0.682. The monoisotopic (exact) mass is 453 g/mol. The average Bonchev–Trinajstić information content (AvgIpc) is 2.76. The van der Waals surface area contributed by atoms with Gasteiger partial charge in [-0.15, -0.1) is 0 Å².